The summed E-state index contributed by atoms with van der Waals surface area (Å²) < 4.78 is 5.67. The van der Waals surface area contributed by atoms with E-state index in [-0.39, 0.29) is 11.9 Å². The highest BCUT2D eigenvalue weighted by Gasteiger charge is 2.32. The second kappa shape index (κ2) is 5.78. The molecule has 106 valence electrons. The minimum atomic E-state index is -0.00944. The Bertz CT molecular complexity index is 453. The molecule has 1 aromatic rings. The Balaban J connectivity index is 2.21. The van der Waals surface area contributed by atoms with Gasteiger partial charge in [-0.25, -0.2) is 0 Å². The van der Waals surface area contributed by atoms with Gasteiger partial charge in [0.05, 0.1) is 0 Å². The van der Waals surface area contributed by atoms with Crippen LogP contribution in [0.5, 0.6) is 0 Å². The predicted octanol–water partition coefficient (Wildman–Crippen LogP) is 2.35. The number of likely N-dealkylation sites (tertiary alicyclic amines) is 1. The van der Waals surface area contributed by atoms with E-state index in [2.05, 4.69) is 6.92 Å². The van der Waals surface area contributed by atoms with Crippen molar-refractivity contribution < 1.29 is 9.21 Å². The van der Waals surface area contributed by atoms with Crippen molar-refractivity contribution in [2.24, 2.45) is 11.7 Å². The summed E-state index contributed by atoms with van der Waals surface area (Å²) in [7, 11) is 0. The van der Waals surface area contributed by atoms with E-state index < -0.39 is 0 Å². The van der Waals surface area contributed by atoms with Gasteiger partial charge in [0.25, 0.3) is 5.91 Å². The SMILES string of the molecule is CCc1oc(C(=O)N2CCC[C@@H](C)[C@@H]2CN)cc1C. The molecule has 4 heteroatoms. The molecule has 1 saturated heterocycles. The van der Waals surface area contributed by atoms with Crippen molar-refractivity contribution in [3.05, 3.63) is 23.2 Å². The van der Waals surface area contributed by atoms with Gasteiger partial charge in [0, 0.05) is 25.6 Å². The predicted molar refractivity (Wildman–Crippen MR) is 75.1 cm³/mol. The lowest BCUT2D eigenvalue weighted by Crippen LogP contribution is -2.51. The first-order valence-electron chi connectivity index (χ1n) is 7.18. The highest BCUT2D eigenvalue weighted by Crippen LogP contribution is 2.25. The molecule has 19 heavy (non-hydrogen) atoms. The first-order chi connectivity index (χ1) is 9.08. The molecule has 2 atom stereocenters. The van der Waals surface area contributed by atoms with Crippen LogP contribution in [0.2, 0.25) is 0 Å². The van der Waals surface area contributed by atoms with E-state index in [1.54, 1.807) is 0 Å². The van der Waals surface area contributed by atoms with E-state index in [1.807, 2.05) is 24.8 Å². The third kappa shape index (κ3) is 2.68. The van der Waals surface area contributed by atoms with Gasteiger partial charge < -0.3 is 15.1 Å². The number of amides is 1. The monoisotopic (exact) mass is 264 g/mol. The van der Waals surface area contributed by atoms with Crippen LogP contribution < -0.4 is 5.73 Å². The fraction of sp³-hybridized carbons (Fsp3) is 0.667. The maximum absolute atomic E-state index is 12.6. The standard InChI is InChI=1S/C15H24N2O2/c1-4-13-11(3)8-14(19-13)15(18)17-7-5-6-10(2)12(17)9-16/h8,10,12H,4-7,9,16H2,1-3H3/t10-,12+/m1/s1. The molecule has 0 radical (unpaired) electrons. The molecule has 4 nitrogen and oxygen atoms in total. The molecule has 0 bridgehead atoms. The van der Waals surface area contributed by atoms with Crippen LogP contribution in [0.25, 0.3) is 0 Å². The number of hydrogen-bond acceptors (Lipinski definition) is 3. The van der Waals surface area contributed by atoms with Gasteiger partial charge in [-0.3, -0.25) is 4.79 Å². The van der Waals surface area contributed by atoms with Crippen LogP contribution in [-0.2, 0) is 6.42 Å². The van der Waals surface area contributed by atoms with E-state index in [9.17, 15) is 4.79 Å². The third-order valence-electron chi connectivity index (χ3n) is 4.17. The van der Waals surface area contributed by atoms with Gasteiger partial charge in [-0.15, -0.1) is 0 Å². The highest BCUT2D eigenvalue weighted by molar-refractivity contribution is 5.92. The first kappa shape index (κ1) is 14.1. The normalized spacial score (nSPS) is 23.7. The Labute approximate surface area is 114 Å². The van der Waals surface area contributed by atoms with Crippen molar-refractivity contribution in [3.8, 4) is 0 Å². The number of carbonyl (C=O) groups excluding carboxylic acids is 1. The van der Waals surface area contributed by atoms with Crippen LogP contribution in [-0.4, -0.2) is 29.9 Å². The van der Waals surface area contributed by atoms with Crippen molar-refractivity contribution in [1.29, 1.82) is 0 Å². The molecule has 2 rings (SSSR count). The molecule has 0 spiro atoms. The summed E-state index contributed by atoms with van der Waals surface area (Å²) in [5, 5.41) is 0. The van der Waals surface area contributed by atoms with Crippen LogP contribution in [0.4, 0.5) is 0 Å². The fourth-order valence-corrected chi connectivity index (χ4v) is 2.98. The van der Waals surface area contributed by atoms with E-state index in [1.165, 1.54) is 0 Å². The smallest absolute Gasteiger partial charge is 0.289 e. The summed E-state index contributed by atoms with van der Waals surface area (Å²) in [6.45, 7) is 7.49. The summed E-state index contributed by atoms with van der Waals surface area (Å²) in [4.78, 5) is 14.5. The number of piperidine rings is 1. The average Bonchev–Trinajstić information content (AvgIpc) is 2.78. The fourth-order valence-electron chi connectivity index (χ4n) is 2.98. The molecule has 1 aromatic heterocycles. The quantitative estimate of drug-likeness (QED) is 0.911. The minimum absolute atomic E-state index is 0.00944. The molecule has 2 N–H and O–H groups in total. The molecule has 1 aliphatic rings. The summed E-state index contributed by atoms with van der Waals surface area (Å²) in [6.07, 6.45) is 3.00. The van der Waals surface area contributed by atoms with Crippen LogP contribution in [0, 0.1) is 12.8 Å². The van der Waals surface area contributed by atoms with Gasteiger partial charge in [-0.05, 0) is 37.3 Å². The zero-order valence-electron chi connectivity index (χ0n) is 12.1. The number of nitrogens with two attached hydrogens (primary N) is 1. The number of furan rings is 1. The van der Waals surface area contributed by atoms with Crippen molar-refractivity contribution >= 4 is 5.91 Å². The molecule has 1 aliphatic heterocycles. The van der Waals surface area contributed by atoms with Crippen LogP contribution in [0.1, 0.15) is 48.6 Å². The van der Waals surface area contributed by atoms with E-state index in [0.717, 1.165) is 37.1 Å². The van der Waals surface area contributed by atoms with Gasteiger partial charge in [0.1, 0.15) is 5.76 Å². The molecule has 0 saturated carbocycles. The van der Waals surface area contributed by atoms with E-state index in [0.29, 0.717) is 18.2 Å². The van der Waals surface area contributed by atoms with Gasteiger partial charge in [0.15, 0.2) is 5.76 Å². The number of carbonyl (C=O) groups is 1. The summed E-state index contributed by atoms with van der Waals surface area (Å²) >= 11 is 0. The second-order valence-electron chi connectivity index (χ2n) is 5.49. The molecule has 2 heterocycles. The summed E-state index contributed by atoms with van der Waals surface area (Å²) in [6, 6.07) is 1.99. The molecule has 0 aromatic carbocycles. The number of hydrogen-bond donors (Lipinski definition) is 1. The molecule has 0 aliphatic carbocycles. The van der Waals surface area contributed by atoms with Crippen LogP contribution in [0.3, 0.4) is 0 Å². The minimum Gasteiger partial charge on any atom is -0.456 e. The number of nitrogens with zero attached hydrogens (tertiary/aromatic N) is 1. The maximum atomic E-state index is 12.6. The van der Waals surface area contributed by atoms with Crippen molar-refractivity contribution in [2.45, 2.75) is 46.1 Å². The highest BCUT2D eigenvalue weighted by atomic mass is 16.4. The second-order valence-corrected chi connectivity index (χ2v) is 5.49. The zero-order valence-corrected chi connectivity index (χ0v) is 12.1. The average molecular weight is 264 g/mol. The summed E-state index contributed by atoms with van der Waals surface area (Å²) in [5.74, 6) is 1.81. The molecular weight excluding hydrogens is 240 g/mol. The third-order valence-corrected chi connectivity index (χ3v) is 4.17. The number of aryl methyl sites for hydroxylation is 2. The molecule has 0 unspecified atom stereocenters. The van der Waals surface area contributed by atoms with Crippen molar-refractivity contribution in [2.75, 3.05) is 13.1 Å². The first-order valence-corrected chi connectivity index (χ1v) is 7.18. The zero-order chi connectivity index (χ0) is 14.0. The Kier molecular flexibility index (Phi) is 4.30. The van der Waals surface area contributed by atoms with Gasteiger partial charge in [-0.1, -0.05) is 13.8 Å². The van der Waals surface area contributed by atoms with Gasteiger partial charge in [-0.2, -0.15) is 0 Å². The van der Waals surface area contributed by atoms with Crippen molar-refractivity contribution in [3.63, 3.8) is 0 Å². The Morgan fingerprint density at radius 2 is 2.32 bits per heavy atom. The van der Waals surface area contributed by atoms with Crippen LogP contribution >= 0.6 is 0 Å². The van der Waals surface area contributed by atoms with Crippen molar-refractivity contribution in [1.82, 2.24) is 4.90 Å². The molecular formula is C15H24N2O2. The summed E-state index contributed by atoms with van der Waals surface area (Å²) in [5.41, 5.74) is 6.89. The topological polar surface area (TPSA) is 59.5 Å². The lowest BCUT2D eigenvalue weighted by atomic mass is 9.90. The Morgan fingerprint density at radius 1 is 1.58 bits per heavy atom. The Morgan fingerprint density at radius 3 is 2.89 bits per heavy atom. The van der Waals surface area contributed by atoms with E-state index >= 15 is 0 Å². The Hall–Kier alpha value is -1.29. The molecule has 1 amide bonds. The van der Waals surface area contributed by atoms with E-state index in [4.69, 9.17) is 10.2 Å². The lowest BCUT2D eigenvalue weighted by Gasteiger charge is -2.38. The maximum Gasteiger partial charge on any atom is 0.289 e. The van der Waals surface area contributed by atoms with Gasteiger partial charge >= 0.3 is 0 Å². The lowest BCUT2D eigenvalue weighted by molar-refractivity contribution is 0.0499. The number of rotatable bonds is 3. The largest absolute Gasteiger partial charge is 0.456 e. The van der Waals surface area contributed by atoms with Crippen LogP contribution in [0.15, 0.2) is 10.5 Å². The van der Waals surface area contributed by atoms with Gasteiger partial charge in [0.2, 0.25) is 0 Å². The molecule has 1 fully saturated rings.